The highest BCUT2D eigenvalue weighted by atomic mass is 19.4. The van der Waals surface area contributed by atoms with Crippen molar-refractivity contribution in [3.8, 4) is 17.2 Å². The Labute approximate surface area is 172 Å². The normalized spacial score (nSPS) is 13.5. The van der Waals surface area contributed by atoms with Crippen LogP contribution in [0.4, 0.5) is 17.6 Å². The Balaban J connectivity index is 2.28. The van der Waals surface area contributed by atoms with Crippen molar-refractivity contribution in [3.05, 3.63) is 59.9 Å². The first-order chi connectivity index (χ1) is 14.1. The number of hydrogen-bond donors (Lipinski definition) is 2. The van der Waals surface area contributed by atoms with E-state index < -0.39 is 30.0 Å². The number of carbonyl (C=O) groups is 1. The van der Waals surface area contributed by atoms with Crippen molar-refractivity contribution in [1.29, 1.82) is 5.26 Å². The molecule has 2 N–H and O–H groups in total. The van der Waals surface area contributed by atoms with Crippen molar-refractivity contribution < 1.29 is 22.4 Å². The third-order valence-corrected chi connectivity index (χ3v) is 4.48. The number of halogens is 4. The van der Waals surface area contributed by atoms with Crippen LogP contribution in [-0.4, -0.2) is 24.7 Å². The Morgan fingerprint density at radius 1 is 1.03 bits per heavy atom. The zero-order valence-electron chi connectivity index (χ0n) is 16.6. The summed E-state index contributed by atoms with van der Waals surface area (Å²) >= 11 is 0. The predicted molar refractivity (Wildman–Crippen MR) is 106 cm³/mol. The monoisotopic (exact) mass is 421 g/mol. The molecule has 0 spiro atoms. The van der Waals surface area contributed by atoms with Gasteiger partial charge >= 0.3 is 6.18 Å². The van der Waals surface area contributed by atoms with Crippen molar-refractivity contribution in [2.75, 3.05) is 6.54 Å². The maximum absolute atomic E-state index is 13.8. The standard InChI is InChI=1S/C22H23F4N3O/c1-14(2)13-19(21(30)28-12-11-27)29-20(22(24,25)26)17-5-3-15(4-6-17)16-7-9-18(23)10-8-16/h3-10,14,19-20,29H,12-13H2,1-2H3,(H,28,30). The van der Waals surface area contributed by atoms with Crippen molar-refractivity contribution in [3.63, 3.8) is 0 Å². The number of benzene rings is 2. The topological polar surface area (TPSA) is 64.9 Å². The van der Waals surface area contributed by atoms with Crippen LogP contribution in [0.3, 0.4) is 0 Å². The minimum atomic E-state index is -4.64. The molecule has 0 fully saturated rings. The molecular weight excluding hydrogens is 398 g/mol. The summed E-state index contributed by atoms with van der Waals surface area (Å²) in [7, 11) is 0. The Morgan fingerprint density at radius 3 is 2.03 bits per heavy atom. The van der Waals surface area contributed by atoms with Gasteiger partial charge in [-0.15, -0.1) is 0 Å². The first-order valence-electron chi connectivity index (χ1n) is 9.45. The van der Waals surface area contributed by atoms with E-state index in [4.69, 9.17) is 5.26 Å². The molecule has 0 saturated heterocycles. The molecule has 2 aromatic rings. The number of amides is 1. The minimum Gasteiger partial charge on any atom is -0.342 e. The van der Waals surface area contributed by atoms with E-state index in [1.165, 1.54) is 36.4 Å². The van der Waals surface area contributed by atoms with Crippen LogP contribution in [0.5, 0.6) is 0 Å². The quantitative estimate of drug-likeness (QED) is 0.478. The number of alkyl halides is 3. The van der Waals surface area contributed by atoms with Gasteiger partial charge in [0, 0.05) is 0 Å². The van der Waals surface area contributed by atoms with Crippen molar-refractivity contribution in [1.82, 2.24) is 10.6 Å². The fourth-order valence-corrected chi connectivity index (χ4v) is 3.06. The Kier molecular flexibility index (Phi) is 7.95. The first-order valence-corrected chi connectivity index (χ1v) is 9.45. The predicted octanol–water partition coefficient (Wildman–Crippen LogP) is 4.74. The van der Waals surface area contributed by atoms with Crippen LogP contribution >= 0.6 is 0 Å². The minimum absolute atomic E-state index is 0.0370. The molecule has 0 aliphatic carbocycles. The summed E-state index contributed by atoms with van der Waals surface area (Å²) in [4.78, 5) is 12.3. The summed E-state index contributed by atoms with van der Waals surface area (Å²) in [6, 6.07) is 9.94. The van der Waals surface area contributed by atoms with Gasteiger partial charge in [0.2, 0.25) is 5.91 Å². The fraction of sp³-hybridized carbons (Fsp3) is 0.364. The summed E-state index contributed by atoms with van der Waals surface area (Å²) in [6.45, 7) is 3.32. The van der Waals surface area contributed by atoms with E-state index in [9.17, 15) is 22.4 Å². The molecule has 4 nitrogen and oxygen atoms in total. The van der Waals surface area contributed by atoms with Crippen LogP contribution in [-0.2, 0) is 4.79 Å². The van der Waals surface area contributed by atoms with Crippen molar-refractivity contribution in [2.45, 2.75) is 38.5 Å². The van der Waals surface area contributed by atoms with Gasteiger partial charge in [-0.1, -0.05) is 50.2 Å². The molecule has 2 atom stereocenters. The van der Waals surface area contributed by atoms with E-state index in [1.807, 2.05) is 0 Å². The second-order valence-corrected chi connectivity index (χ2v) is 7.33. The Morgan fingerprint density at radius 2 is 1.57 bits per heavy atom. The highest BCUT2D eigenvalue weighted by molar-refractivity contribution is 5.82. The van der Waals surface area contributed by atoms with E-state index in [1.54, 1.807) is 32.0 Å². The van der Waals surface area contributed by atoms with Crippen molar-refractivity contribution in [2.24, 2.45) is 5.92 Å². The van der Waals surface area contributed by atoms with E-state index in [0.717, 1.165) is 0 Å². The lowest BCUT2D eigenvalue weighted by Gasteiger charge is -2.28. The molecule has 0 aliphatic rings. The third-order valence-electron chi connectivity index (χ3n) is 4.48. The summed E-state index contributed by atoms with van der Waals surface area (Å²) < 4.78 is 54.5. The molecule has 0 saturated carbocycles. The van der Waals surface area contributed by atoms with Crippen LogP contribution < -0.4 is 10.6 Å². The lowest BCUT2D eigenvalue weighted by Crippen LogP contribution is -2.49. The van der Waals surface area contributed by atoms with E-state index in [2.05, 4.69) is 10.6 Å². The maximum atomic E-state index is 13.8. The van der Waals surface area contributed by atoms with E-state index >= 15 is 0 Å². The summed E-state index contributed by atoms with van der Waals surface area (Å²) in [6.07, 6.45) is -4.46. The van der Waals surface area contributed by atoms with Crippen LogP contribution in [0.25, 0.3) is 11.1 Å². The fourth-order valence-electron chi connectivity index (χ4n) is 3.06. The molecule has 0 heterocycles. The second kappa shape index (κ2) is 10.2. The van der Waals surface area contributed by atoms with Gasteiger partial charge in [0.15, 0.2) is 0 Å². The Hall–Kier alpha value is -2.92. The summed E-state index contributed by atoms with van der Waals surface area (Å²) in [5.74, 6) is -1.09. The lowest BCUT2D eigenvalue weighted by atomic mass is 9.97. The van der Waals surface area contributed by atoms with Gasteiger partial charge in [-0.3, -0.25) is 10.1 Å². The summed E-state index contributed by atoms with van der Waals surface area (Å²) in [5.41, 5.74) is 1.27. The van der Waals surface area contributed by atoms with Gasteiger partial charge in [-0.2, -0.15) is 18.4 Å². The molecule has 160 valence electrons. The number of hydrogen-bond acceptors (Lipinski definition) is 3. The van der Waals surface area contributed by atoms with Gasteiger partial charge in [-0.05, 0) is 41.2 Å². The SMILES string of the molecule is CC(C)CC(NC(c1ccc(-c2ccc(F)cc2)cc1)C(F)(F)F)C(=O)NCC#N. The molecule has 1 amide bonds. The van der Waals surface area contributed by atoms with Crippen LogP contribution in [0.15, 0.2) is 48.5 Å². The molecule has 2 aromatic carbocycles. The average Bonchev–Trinajstić information content (AvgIpc) is 2.69. The molecule has 2 unspecified atom stereocenters. The molecule has 0 radical (unpaired) electrons. The number of nitriles is 1. The molecule has 0 aliphatic heterocycles. The molecule has 0 aromatic heterocycles. The van der Waals surface area contributed by atoms with Gasteiger partial charge < -0.3 is 5.32 Å². The molecule has 8 heteroatoms. The highest BCUT2D eigenvalue weighted by Crippen LogP contribution is 2.34. The largest absolute Gasteiger partial charge is 0.407 e. The van der Waals surface area contributed by atoms with E-state index in [-0.39, 0.29) is 24.4 Å². The molecule has 0 bridgehead atoms. The van der Waals surface area contributed by atoms with Gasteiger partial charge in [0.1, 0.15) is 18.4 Å². The molecule has 30 heavy (non-hydrogen) atoms. The van der Waals surface area contributed by atoms with Gasteiger partial charge in [-0.25, -0.2) is 4.39 Å². The Bertz CT molecular complexity index is 871. The number of nitrogens with zero attached hydrogens (tertiary/aromatic N) is 1. The number of nitrogens with one attached hydrogen (secondary N) is 2. The maximum Gasteiger partial charge on any atom is 0.407 e. The van der Waals surface area contributed by atoms with Crippen LogP contribution in [0, 0.1) is 23.1 Å². The first kappa shape index (κ1) is 23.4. The molecule has 2 rings (SSSR count). The second-order valence-electron chi connectivity index (χ2n) is 7.33. The van der Waals surface area contributed by atoms with Crippen LogP contribution in [0.1, 0.15) is 31.9 Å². The van der Waals surface area contributed by atoms with Gasteiger partial charge in [0.05, 0.1) is 12.1 Å². The molecular formula is C22H23F4N3O. The zero-order chi connectivity index (χ0) is 22.3. The van der Waals surface area contributed by atoms with Crippen LogP contribution in [0.2, 0.25) is 0 Å². The smallest absolute Gasteiger partial charge is 0.342 e. The van der Waals surface area contributed by atoms with Gasteiger partial charge in [0.25, 0.3) is 0 Å². The highest BCUT2D eigenvalue weighted by Gasteiger charge is 2.42. The van der Waals surface area contributed by atoms with E-state index in [0.29, 0.717) is 11.1 Å². The number of rotatable bonds is 8. The zero-order valence-corrected chi connectivity index (χ0v) is 16.6. The lowest BCUT2D eigenvalue weighted by molar-refractivity contribution is -0.161. The summed E-state index contributed by atoms with van der Waals surface area (Å²) in [5, 5.41) is 13.4. The average molecular weight is 421 g/mol. The third kappa shape index (κ3) is 6.56. The van der Waals surface area contributed by atoms with Crippen molar-refractivity contribution >= 4 is 5.91 Å². The number of carbonyl (C=O) groups excluding carboxylic acids is 1.